The van der Waals surface area contributed by atoms with E-state index in [2.05, 4.69) is 68.0 Å². The molecule has 29 heavy (non-hydrogen) atoms. The van der Waals surface area contributed by atoms with Gasteiger partial charge in [0.25, 0.3) is 0 Å². The van der Waals surface area contributed by atoms with Gasteiger partial charge in [-0.2, -0.15) is 0 Å². The van der Waals surface area contributed by atoms with Gasteiger partial charge in [0, 0.05) is 52.5 Å². The van der Waals surface area contributed by atoms with E-state index >= 15 is 0 Å². The number of aliphatic hydroxyl groups excluding tert-OH is 1. The highest BCUT2D eigenvalue weighted by molar-refractivity contribution is 9.10. The number of hydrogen-bond acceptors (Lipinski definition) is 3. The second-order valence-electron chi connectivity index (χ2n) is 8.06. The van der Waals surface area contributed by atoms with Gasteiger partial charge >= 0.3 is 0 Å². The van der Waals surface area contributed by atoms with Gasteiger partial charge in [0.05, 0.1) is 13.2 Å². The van der Waals surface area contributed by atoms with Crippen LogP contribution in [0.15, 0.2) is 58.8 Å². The van der Waals surface area contributed by atoms with Crippen LogP contribution in [0.1, 0.15) is 24.0 Å². The number of methoxy groups -OCH3 is 1. The molecule has 3 aliphatic rings. The zero-order valence-electron chi connectivity index (χ0n) is 16.5. The summed E-state index contributed by atoms with van der Waals surface area (Å²) in [5.41, 5.74) is 4.67. The lowest BCUT2D eigenvalue weighted by Crippen LogP contribution is -2.48. The van der Waals surface area contributed by atoms with Gasteiger partial charge in [-0.05, 0) is 60.7 Å². The molecule has 0 aliphatic carbocycles. The van der Waals surface area contributed by atoms with Crippen LogP contribution < -0.4 is 4.74 Å². The third kappa shape index (κ3) is 3.47. The SMILES string of the molecule is COc1ccc(Cn2cc(/C=C3/C(O)C4CCN3CC4)c3cc(Br)ccc32)cc1. The Morgan fingerprint density at radius 2 is 1.90 bits per heavy atom. The van der Waals surface area contributed by atoms with Crippen molar-refractivity contribution in [1.82, 2.24) is 9.47 Å². The van der Waals surface area contributed by atoms with Gasteiger partial charge in [0.15, 0.2) is 0 Å². The molecule has 2 bridgehead atoms. The van der Waals surface area contributed by atoms with Crippen LogP contribution in [0.4, 0.5) is 0 Å². The molecule has 3 fully saturated rings. The minimum atomic E-state index is -0.343. The molecule has 1 aromatic heterocycles. The molecule has 0 radical (unpaired) electrons. The number of ether oxygens (including phenoxy) is 1. The Morgan fingerprint density at radius 3 is 2.59 bits per heavy atom. The van der Waals surface area contributed by atoms with Crippen LogP contribution in [-0.2, 0) is 6.54 Å². The average Bonchev–Trinajstić information content (AvgIpc) is 3.07. The lowest BCUT2D eigenvalue weighted by atomic mass is 9.83. The first-order valence-corrected chi connectivity index (χ1v) is 11.0. The predicted molar refractivity (Wildman–Crippen MR) is 120 cm³/mol. The standard InChI is InChI=1S/C24H25BrN2O2/c1-29-20-5-2-16(3-6-20)14-27-15-18(21-13-19(25)4-7-22(21)27)12-23-24(28)17-8-10-26(23)11-9-17/h2-7,12-13,15,17,24,28H,8-11,14H2,1H3/b23-12-. The minimum absolute atomic E-state index is 0.343. The van der Waals surface area contributed by atoms with E-state index in [1.165, 1.54) is 16.5 Å². The van der Waals surface area contributed by atoms with E-state index < -0.39 is 0 Å². The highest BCUT2D eigenvalue weighted by Gasteiger charge is 2.36. The van der Waals surface area contributed by atoms with Crippen LogP contribution in [0.2, 0.25) is 0 Å². The van der Waals surface area contributed by atoms with Crippen molar-refractivity contribution >= 4 is 32.9 Å². The van der Waals surface area contributed by atoms with Crippen molar-refractivity contribution in [3.63, 3.8) is 0 Å². The molecule has 150 valence electrons. The summed E-state index contributed by atoms with van der Waals surface area (Å²) in [5, 5.41) is 12.0. The third-order valence-corrected chi connectivity index (χ3v) is 6.84. The number of benzene rings is 2. The molecule has 0 amide bonds. The number of aromatic nitrogens is 1. The lowest BCUT2D eigenvalue weighted by molar-refractivity contribution is 0.0215. The Kier molecular flexibility index (Phi) is 4.88. The first-order valence-electron chi connectivity index (χ1n) is 10.2. The molecule has 1 unspecified atom stereocenters. The van der Waals surface area contributed by atoms with Gasteiger partial charge in [-0.1, -0.05) is 28.1 Å². The highest BCUT2D eigenvalue weighted by atomic mass is 79.9. The number of hydrogen-bond donors (Lipinski definition) is 1. The van der Waals surface area contributed by atoms with Crippen LogP contribution in [-0.4, -0.2) is 40.9 Å². The molecule has 4 heterocycles. The maximum Gasteiger partial charge on any atom is 0.118 e. The molecule has 0 spiro atoms. The number of nitrogens with zero attached hydrogens (tertiary/aromatic N) is 2. The molecule has 3 aliphatic heterocycles. The fraction of sp³-hybridized carbons (Fsp3) is 0.333. The molecule has 5 heteroatoms. The van der Waals surface area contributed by atoms with Gasteiger partial charge in [-0.15, -0.1) is 0 Å². The summed E-state index contributed by atoms with van der Waals surface area (Å²) in [7, 11) is 1.69. The molecule has 1 N–H and O–H groups in total. The normalized spacial score (nSPS) is 22.6. The average molecular weight is 453 g/mol. The topological polar surface area (TPSA) is 37.6 Å². The van der Waals surface area contributed by atoms with Gasteiger partial charge < -0.3 is 19.3 Å². The van der Waals surface area contributed by atoms with Crippen molar-refractivity contribution in [2.45, 2.75) is 25.5 Å². The first-order chi connectivity index (χ1) is 14.1. The molecule has 1 atom stereocenters. The molecule has 6 rings (SSSR count). The summed E-state index contributed by atoms with van der Waals surface area (Å²) in [6, 6.07) is 14.6. The van der Waals surface area contributed by atoms with Crippen LogP contribution in [0.5, 0.6) is 5.75 Å². The molecular formula is C24H25BrN2O2. The monoisotopic (exact) mass is 452 g/mol. The molecular weight excluding hydrogens is 428 g/mol. The number of piperidine rings is 3. The Morgan fingerprint density at radius 1 is 1.14 bits per heavy atom. The Labute approximate surface area is 179 Å². The maximum atomic E-state index is 10.8. The largest absolute Gasteiger partial charge is 0.497 e. The molecule has 3 saturated heterocycles. The van der Waals surface area contributed by atoms with Gasteiger partial charge in [0.2, 0.25) is 0 Å². The first kappa shape index (κ1) is 18.8. The summed E-state index contributed by atoms with van der Waals surface area (Å²) in [5.74, 6) is 1.28. The zero-order chi connectivity index (χ0) is 20.0. The zero-order valence-corrected chi connectivity index (χ0v) is 18.1. The second-order valence-corrected chi connectivity index (χ2v) is 8.98. The van der Waals surface area contributed by atoms with E-state index in [1.54, 1.807) is 7.11 Å². The van der Waals surface area contributed by atoms with Crippen molar-refractivity contribution in [2.24, 2.45) is 5.92 Å². The van der Waals surface area contributed by atoms with Crippen LogP contribution in [0.3, 0.4) is 0 Å². The van der Waals surface area contributed by atoms with E-state index in [-0.39, 0.29) is 6.10 Å². The summed E-state index contributed by atoms with van der Waals surface area (Å²) in [4.78, 5) is 2.36. The smallest absolute Gasteiger partial charge is 0.118 e. The van der Waals surface area contributed by atoms with Crippen molar-refractivity contribution in [2.75, 3.05) is 20.2 Å². The number of fused-ring (bicyclic) bond motifs is 4. The number of aliphatic hydroxyl groups is 1. The highest BCUT2D eigenvalue weighted by Crippen LogP contribution is 2.37. The number of rotatable bonds is 4. The second kappa shape index (κ2) is 7.54. The summed E-state index contributed by atoms with van der Waals surface area (Å²) >= 11 is 3.62. The van der Waals surface area contributed by atoms with E-state index in [0.29, 0.717) is 5.92 Å². The van der Waals surface area contributed by atoms with Crippen LogP contribution in [0.25, 0.3) is 17.0 Å². The Hall–Kier alpha value is -2.24. The van der Waals surface area contributed by atoms with Crippen molar-refractivity contribution in [3.8, 4) is 5.75 Å². The van der Waals surface area contributed by atoms with Crippen LogP contribution in [0, 0.1) is 5.92 Å². The van der Waals surface area contributed by atoms with E-state index in [9.17, 15) is 5.11 Å². The molecule has 3 aromatic rings. The third-order valence-electron chi connectivity index (χ3n) is 6.34. The Balaban J connectivity index is 1.55. The predicted octanol–water partition coefficient (Wildman–Crippen LogP) is 4.89. The van der Waals surface area contributed by atoms with E-state index in [4.69, 9.17) is 4.74 Å². The fourth-order valence-electron chi connectivity index (χ4n) is 4.71. The van der Waals surface area contributed by atoms with Crippen molar-refractivity contribution < 1.29 is 9.84 Å². The van der Waals surface area contributed by atoms with Gasteiger partial charge in [-0.3, -0.25) is 0 Å². The maximum absolute atomic E-state index is 10.8. The van der Waals surface area contributed by atoms with Gasteiger partial charge in [0.1, 0.15) is 5.75 Å². The minimum Gasteiger partial charge on any atom is -0.497 e. The van der Waals surface area contributed by atoms with Gasteiger partial charge in [-0.25, -0.2) is 0 Å². The van der Waals surface area contributed by atoms with E-state index in [0.717, 1.165) is 54.0 Å². The van der Waals surface area contributed by atoms with Crippen molar-refractivity contribution in [1.29, 1.82) is 0 Å². The molecule has 2 aromatic carbocycles. The number of halogens is 1. The molecule has 4 nitrogen and oxygen atoms in total. The van der Waals surface area contributed by atoms with E-state index in [1.807, 2.05) is 12.1 Å². The molecule has 0 saturated carbocycles. The van der Waals surface area contributed by atoms with Crippen molar-refractivity contribution in [3.05, 3.63) is 70.0 Å². The quantitative estimate of drug-likeness (QED) is 0.612. The fourth-order valence-corrected chi connectivity index (χ4v) is 5.07. The lowest BCUT2D eigenvalue weighted by Gasteiger charge is -2.45. The van der Waals surface area contributed by atoms with Crippen LogP contribution >= 0.6 is 15.9 Å². The summed E-state index contributed by atoms with van der Waals surface area (Å²) in [6.45, 7) is 2.91. The summed E-state index contributed by atoms with van der Waals surface area (Å²) < 4.78 is 8.64. The Bertz CT molecular complexity index is 1060. The summed E-state index contributed by atoms with van der Waals surface area (Å²) in [6.07, 6.45) is 6.27.